The Labute approximate surface area is 96.4 Å². The third kappa shape index (κ3) is 2.11. The van der Waals surface area contributed by atoms with Gasteiger partial charge >= 0.3 is 0 Å². The molecule has 0 bridgehead atoms. The Bertz CT molecular complexity index is 486. The summed E-state index contributed by atoms with van der Waals surface area (Å²) in [6, 6.07) is 6.42. The fourth-order valence-corrected chi connectivity index (χ4v) is 2.21. The van der Waals surface area contributed by atoms with Gasteiger partial charge in [0, 0.05) is 17.5 Å². The lowest BCUT2D eigenvalue weighted by Gasteiger charge is -2.02. The van der Waals surface area contributed by atoms with Gasteiger partial charge in [0.25, 0.3) is 0 Å². The van der Waals surface area contributed by atoms with Gasteiger partial charge in [-0.2, -0.15) is 0 Å². The minimum absolute atomic E-state index is 0.112. The van der Waals surface area contributed by atoms with Crippen LogP contribution in [0.3, 0.4) is 0 Å². The van der Waals surface area contributed by atoms with Gasteiger partial charge in [-0.25, -0.2) is 9.37 Å². The molecule has 0 fully saturated rings. The van der Waals surface area contributed by atoms with Gasteiger partial charge in [0.1, 0.15) is 16.9 Å². The number of rotatable bonds is 3. The molecule has 1 heterocycles. The van der Waals surface area contributed by atoms with Crippen LogP contribution in [0.15, 0.2) is 29.6 Å². The van der Waals surface area contributed by atoms with Crippen LogP contribution in [0.25, 0.3) is 10.6 Å². The van der Waals surface area contributed by atoms with Gasteiger partial charge < -0.3 is 10.8 Å². The molecule has 0 spiro atoms. The van der Waals surface area contributed by atoms with Crippen LogP contribution in [0.2, 0.25) is 0 Å². The number of hydrogen-bond donors (Lipinski definition) is 2. The maximum Gasteiger partial charge on any atom is 0.133 e. The van der Waals surface area contributed by atoms with Crippen molar-refractivity contribution in [3.8, 4) is 10.6 Å². The minimum atomic E-state index is -0.781. The third-order valence-corrected chi connectivity index (χ3v) is 3.08. The van der Waals surface area contributed by atoms with Crippen molar-refractivity contribution in [3.63, 3.8) is 0 Å². The van der Waals surface area contributed by atoms with Crippen LogP contribution in [0.5, 0.6) is 0 Å². The maximum absolute atomic E-state index is 13.4. The second-order valence-corrected chi connectivity index (χ2v) is 4.17. The Morgan fingerprint density at radius 1 is 1.44 bits per heavy atom. The zero-order valence-electron chi connectivity index (χ0n) is 8.43. The predicted octanol–water partition coefficient (Wildman–Crippen LogP) is 1.94. The molecule has 0 radical (unpaired) electrons. The van der Waals surface area contributed by atoms with Gasteiger partial charge in [-0.15, -0.1) is 11.3 Å². The molecule has 1 unspecified atom stereocenters. The highest BCUT2D eigenvalue weighted by Crippen LogP contribution is 2.27. The normalized spacial score (nSPS) is 12.7. The Kier molecular flexibility index (Phi) is 3.28. The molecule has 1 aromatic carbocycles. The monoisotopic (exact) mass is 238 g/mol. The van der Waals surface area contributed by atoms with Crippen LogP contribution < -0.4 is 5.73 Å². The molecule has 0 saturated carbocycles. The van der Waals surface area contributed by atoms with E-state index in [2.05, 4.69) is 4.98 Å². The number of thiazole rings is 1. The van der Waals surface area contributed by atoms with Crippen molar-refractivity contribution in [2.24, 2.45) is 5.73 Å². The standard InChI is InChI=1S/C11H11FN2OS/c12-8-4-2-1-3-7(8)11-14-9(6-16-11)10(15)5-13/h1-4,6,10,15H,5,13H2. The summed E-state index contributed by atoms with van der Waals surface area (Å²) in [5, 5.41) is 11.7. The average Bonchev–Trinajstić information content (AvgIpc) is 2.78. The highest BCUT2D eigenvalue weighted by atomic mass is 32.1. The van der Waals surface area contributed by atoms with E-state index in [1.807, 2.05) is 0 Å². The molecule has 0 aliphatic heterocycles. The van der Waals surface area contributed by atoms with Crippen molar-refractivity contribution in [2.75, 3.05) is 6.54 Å². The van der Waals surface area contributed by atoms with Crippen molar-refractivity contribution in [3.05, 3.63) is 41.2 Å². The molecule has 84 valence electrons. The zero-order chi connectivity index (χ0) is 11.5. The molecule has 1 atom stereocenters. The summed E-state index contributed by atoms with van der Waals surface area (Å²) in [5.41, 5.74) is 6.26. The molecule has 2 rings (SSSR count). The number of hydrogen-bond acceptors (Lipinski definition) is 4. The van der Waals surface area contributed by atoms with E-state index in [1.54, 1.807) is 23.6 Å². The second kappa shape index (κ2) is 4.69. The largest absolute Gasteiger partial charge is 0.385 e. The lowest BCUT2D eigenvalue weighted by Crippen LogP contribution is -2.11. The SMILES string of the molecule is NCC(O)c1csc(-c2ccccc2F)n1. The molecule has 0 aliphatic rings. The Balaban J connectivity index is 2.35. The van der Waals surface area contributed by atoms with Crippen LogP contribution in [-0.4, -0.2) is 16.6 Å². The third-order valence-electron chi connectivity index (χ3n) is 2.19. The number of aromatic nitrogens is 1. The van der Waals surface area contributed by atoms with Crippen LogP contribution in [0, 0.1) is 5.82 Å². The van der Waals surface area contributed by atoms with Crippen molar-refractivity contribution < 1.29 is 9.50 Å². The molecular weight excluding hydrogens is 227 g/mol. The first-order chi connectivity index (χ1) is 7.72. The smallest absolute Gasteiger partial charge is 0.133 e. The molecular formula is C11H11FN2OS. The number of benzene rings is 1. The van der Waals surface area contributed by atoms with Crippen LogP contribution >= 0.6 is 11.3 Å². The molecule has 0 aliphatic carbocycles. The Hall–Kier alpha value is -1.30. The predicted molar refractivity (Wildman–Crippen MR) is 61.5 cm³/mol. The zero-order valence-corrected chi connectivity index (χ0v) is 9.25. The maximum atomic E-state index is 13.4. The summed E-state index contributed by atoms with van der Waals surface area (Å²) in [7, 11) is 0. The van der Waals surface area contributed by atoms with E-state index in [1.165, 1.54) is 17.4 Å². The number of nitrogens with zero attached hydrogens (tertiary/aromatic N) is 1. The quantitative estimate of drug-likeness (QED) is 0.859. The fourth-order valence-electron chi connectivity index (χ4n) is 1.32. The van der Waals surface area contributed by atoms with E-state index in [-0.39, 0.29) is 12.4 Å². The highest BCUT2D eigenvalue weighted by molar-refractivity contribution is 7.13. The van der Waals surface area contributed by atoms with E-state index >= 15 is 0 Å². The van der Waals surface area contributed by atoms with Gasteiger partial charge in [0.15, 0.2) is 0 Å². The van der Waals surface area contributed by atoms with E-state index < -0.39 is 6.10 Å². The molecule has 5 heteroatoms. The van der Waals surface area contributed by atoms with E-state index in [4.69, 9.17) is 5.73 Å². The molecule has 3 N–H and O–H groups in total. The van der Waals surface area contributed by atoms with Crippen molar-refractivity contribution >= 4 is 11.3 Å². The van der Waals surface area contributed by atoms with E-state index in [9.17, 15) is 9.50 Å². The number of nitrogens with two attached hydrogens (primary N) is 1. The van der Waals surface area contributed by atoms with Gasteiger partial charge in [0.2, 0.25) is 0 Å². The van der Waals surface area contributed by atoms with E-state index in [0.29, 0.717) is 16.3 Å². The summed E-state index contributed by atoms with van der Waals surface area (Å²) in [6.45, 7) is 0.112. The second-order valence-electron chi connectivity index (χ2n) is 3.31. The van der Waals surface area contributed by atoms with Gasteiger partial charge in [-0.3, -0.25) is 0 Å². The lowest BCUT2D eigenvalue weighted by molar-refractivity contribution is 0.182. The molecule has 16 heavy (non-hydrogen) atoms. The first-order valence-corrected chi connectivity index (χ1v) is 5.69. The van der Waals surface area contributed by atoms with Crippen molar-refractivity contribution in [1.29, 1.82) is 0 Å². The molecule has 0 saturated heterocycles. The fraction of sp³-hybridized carbons (Fsp3) is 0.182. The van der Waals surface area contributed by atoms with Gasteiger partial charge in [0.05, 0.1) is 5.69 Å². The summed E-state index contributed by atoms with van der Waals surface area (Å²) in [4.78, 5) is 4.16. The molecule has 3 nitrogen and oxygen atoms in total. The average molecular weight is 238 g/mol. The highest BCUT2D eigenvalue weighted by Gasteiger charge is 2.13. The number of aliphatic hydroxyl groups is 1. The van der Waals surface area contributed by atoms with Crippen LogP contribution in [-0.2, 0) is 0 Å². The van der Waals surface area contributed by atoms with Gasteiger partial charge in [-0.1, -0.05) is 12.1 Å². The summed E-state index contributed by atoms with van der Waals surface area (Å²) < 4.78 is 13.4. The lowest BCUT2D eigenvalue weighted by atomic mass is 10.2. The Morgan fingerprint density at radius 3 is 2.88 bits per heavy atom. The van der Waals surface area contributed by atoms with E-state index in [0.717, 1.165) is 0 Å². The van der Waals surface area contributed by atoms with Crippen LogP contribution in [0.1, 0.15) is 11.8 Å². The number of halogens is 1. The molecule has 0 amide bonds. The summed E-state index contributed by atoms with van der Waals surface area (Å²) in [5.74, 6) is -0.314. The van der Waals surface area contributed by atoms with Crippen molar-refractivity contribution in [2.45, 2.75) is 6.10 Å². The molecule has 1 aromatic heterocycles. The number of aliphatic hydroxyl groups excluding tert-OH is 1. The Morgan fingerprint density at radius 2 is 2.19 bits per heavy atom. The van der Waals surface area contributed by atoms with Crippen LogP contribution in [0.4, 0.5) is 4.39 Å². The minimum Gasteiger partial charge on any atom is -0.385 e. The summed E-state index contributed by atoms with van der Waals surface area (Å²) >= 11 is 1.29. The topological polar surface area (TPSA) is 59.1 Å². The van der Waals surface area contributed by atoms with Gasteiger partial charge in [-0.05, 0) is 12.1 Å². The summed E-state index contributed by atoms with van der Waals surface area (Å²) in [6.07, 6.45) is -0.781. The molecule has 2 aromatic rings. The first-order valence-electron chi connectivity index (χ1n) is 4.81. The first kappa shape index (κ1) is 11.2. The van der Waals surface area contributed by atoms with Crippen molar-refractivity contribution in [1.82, 2.24) is 4.98 Å².